The van der Waals surface area contributed by atoms with Gasteiger partial charge in [0, 0.05) is 17.0 Å². The summed E-state index contributed by atoms with van der Waals surface area (Å²) in [6, 6.07) is 20.5. The van der Waals surface area contributed by atoms with Gasteiger partial charge in [0.25, 0.3) is 5.91 Å². The van der Waals surface area contributed by atoms with E-state index in [0.29, 0.717) is 17.4 Å². The van der Waals surface area contributed by atoms with E-state index in [0.717, 1.165) is 40.1 Å². The molecular formula is C29H32N2O. The number of para-hydroxylation sites is 1. The molecule has 3 fully saturated rings. The Bertz CT molecular complexity index is 1140. The number of amides is 1. The average Bonchev–Trinajstić information content (AvgIpc) is 3.26. The molecule has 0 saturated heterocycles. The maximum Gasteiger partial charge on any atom is 0.252 e. The van der Waals surface area contributed by atoms with Crippen LogP contribution in [-0.2, 0) is 0 Å². The Balaban J connectivity index is 1.35. The van der Waals surface area contributed by atoms with Crippen LogP contribution < -0.4 is 5.32 Å². The summed E-state index contributed by atoms with van der Waals surface area (Å²) in [6.45, 7) is 0. The number of fused-ring (bicyclic) bond motifs is 1. The van der Waals surface area contributed by atoms with Gasteiger partial charge in [0.15, 0.2) is 0 Å². The Morgan fingerprint density at radius 1 is 0.875 bits per heavy atom. The van der Waals surface area contributed by atoms with Crippen LogP contribution in [0.2, 0.25) is 0 Å². The van der Waals surface area contributed by atoms with Crippen LogP contribution >= 0.6 is 0 Å². The molecule has 3 aliphatic rings. The molecule has 4 atom stereocenters. The van der Waals surface area contributed by atoms with Crippen molar-refractivity contribution in [3.05, 3.63) is 66.2 Å². The molecule has 32 heavy (non-hydrogen) atoms. The number of benzene rings is 2. The Labute approximate surface area is 190 Å². The molecule has 2 aromatic carbocycles. The van der Waals surface area contributed by atoms with E-state index in [1.54, 1.807) is 0 Å². The zero-order valence-electron chi connectivity index (χ0n) is 18.7. The van der Waals surface area contributed by atoms with Crippen LogP contribution in [0, 0.1) is 17.3 Å². The molecule has 1 heterocycles. The number of carbonyl (C=O) groups excluding carboxylic acids is 1. The molecule has 0 radical (unpaired) electrons. The lowest BCUT2D eigenvalue weighted by Gasteiger charge is -2.53. The van der Waals surface area contributed by atoms with Crippen LogP contribution in [0.25, 0.3) is 22.2 Å². The van der Waals surface area contributed by atoms with Gasteiger partial charge in [-0.05, 0) is 67.9 Å². The first kappa shape index (κ1) is 20.0. The van der Waals surface area contributed by atoms with Crippen LogP contribution in [-0.4, -0.2) is 16.9 Å². The minimum Gasteiger partial charge on any atom is -0.349 e. The Morgan fingerprint density at radius 2 is 1.69 bits per heavy atom. The second-order valence-corrected chi connectivity index (χ2v) is 10.3. The number of hydrogen-bond acceptors (Lipinski definition) is 2. The maximum absolute atomic E-state index is 13.7. The number of aromatic nitrogens is 1. The normalized spacial score (nSPS) is 29.3. The summed E-state index contributed by atoms with van der Waals surface area (Å²) in [5.74, 6) is 1.62. The van der Waals surface area contributed by atoms with Gasteiger partial charge in [-0.3, -0.25) is 4.79 Å². The Hall–Kier alpha value is -2.68. The van der Waals surface area contributed by atoms with Crippen molar-refractivity contribution in [2.45, 2.75) is 63.8 Å². The molecule has 3 nitrogen and oxygen atoms in total. The lowest BCUT2D eigenvalue weighted by molar-refractivity contribution is -0.0140. The van der Waals surface area contributed by atoms with Gasteiger partial charge in [-0.15, -0.1) is 0 Å². The quantitative estimate of drug-likeness (QED) is 0.504. The number of nitrogens with one attached hydrogen (secondary N) is 1. The van der Waals surface area contributed by atoms with E-state index in [9.17, 15) is 4.79 Å². The van der Waals surface area contributed by atoms with Crippen molar-refractivity contribution in [2.75, 3.05) is 0 Å². The van der Waals surface area contributed by atoms with E-state index in [4.69, 9.17) is 4.98 Å². The minimum atomic E-state index is 0.0722. The van der Waals surface area contributed by atoms with E-state index in [2.05, 4.69) is 17.4 Å². The number of carbonyl (C=O) groups is 1. The van der Waals surface area contributed by atoms with E-state index in [1.807, 2.05) is 48.5 Å². The highest BCUT2D eigenvalue weighted by molar-refractivity contribution is 6.07. The van der Waals surface area contributed by atoms with Crippen molar-refractivity contribution >= 4 is 16.8 Å². The lowest BCUT2D eigenvalue weighted by atomic mass is 9.54. The summed E-state index contributed by atoms with van der Waals surface area (Å²) >= 11 is 0. The lowest BCUT2D eigenvalue weighted by Crippen LogP contribution is -2.53. The zero-order valence-corrected chi connectivity index (χ0v) is 18.7. The monoisotopic (exact) mass is 424 g/mol. The van der Waals surface area contributed by atoms with Gasteiger partial charge >= 0.3 is 0 Å². The Morgan fingerprint density at radius 3 is 2.59 bits per heavy atom. The topological polar surface area (TPSA) is 42.0 Å². The molecule has 164 valence electrons. The van der Waals surface area contributed by atoms with Crippen LogP contribution in [0.4, 0.5) is 0 Å². The highest BCUT2D eigenvalue weighted by Gasteiger charge is 2.54. The number of nitrogens with zero attached hydrogens (tertiary/aromatic N) is 1. The van der Waals surface area contributed by atoms with Crippen molar-refractivity contribution in [1.82, 2.24) is 10.3 Å². The standard InChI is InChI=1S/C29H32N2O/c32-28(31-26-16-15-21-11-8-18-29(21)17-7-6-13-24(26)29)23-19-27(20-9-2-1-3-10-20)30-25-14-5-4-12-22(23)25/h1-5,9-10,12,14,19,21,24,26H,6-8,11,13,15-18H2,(H,31,32). The van der Waals surface area contributed by atoms with Gasteiger partial charge in [0.05, 0.1) is 16.8 Å². The van der Waals surface area contributed by atoms with E-state index < -0.39 is 0 Å². The summed E-state index contributed by atoms with van der Waals surface area (Å²) in [7, 11) is 0. The van der Waals surface area contributed by atoms with Crippen LogP contribution in [0.5, 0.6) is 0 Å². The van der Waals surface area contributed by atoms with Crippen molar-refractivity contribution < 1.29 is 4.79 Å². The summed E-state index contributed by atoms with van der Waals surface area (Å²) in [6.07, 6.45) is 12.0. The third kappa shape index (κ3) is 3.25. The maximum atomic E-state index is 13.7. The molecule has 1 N–H and O–H groups in total. The largest absolute Gasteiger partial charge is 0.349 e. The van der Waals surface area contributed by atoms with Gasteiger partial charge in [0.1, 0.15) is 0 Å². The van der Waals surface area contributed by atoms with Gasteiger partial charge in [-0.25, -0.2) is 4.98 Å². The number of pyridine rings is 1. The van der Waals surface area contributed by atoms with Gasteiger partial charge < -0.3 is 5.32 Å². The SMILES string of the molecule is O=C(NC1CCC2CCCC23CCCCC13)c1cc(-c2ccccc2)nc2ccccc12. The summed E-state index contributed by atoms with van der Waals surface area (Å²) in [4.78, 5) is 18.6. The minimum absolute atomic E-state index is 0.0722. The number of hydrogen-bond donors (Lipinski definition) is 1. The first-order chi connectivity index (χ1) is 15.7. The van der Waals surface area contributed by atoms with Crippen molar-refractivity contribution in [1.29, 1.82) is 0 Å². The van der Waals surface area contributed by atoms with Crippen molar-refractivity contribution in [2.24, 2.45) is 17.3 Å². The van der Waals surface area contributed by atoms with E-state index in [1.165, 1.54) is 51.4 Å². The molecule has 0 aliphatic heterocycles. The molecule has 1 spiro atoms. The van der Waals surface area contributed by atoms with E-state index >= 15 is 0 Å². The highest BCUT2D eigenvalue weighted by Crippen LogP contribution is 2.61. The van der Waals surface area contributed by atoms with Crippen LogP contribution in [0.3, 0.4) is 0 Å². The molecule has 6 rings (SSSR count). The Kier molecular flexibility index (Phi) is 5.01. The van der Waals surface area contributed by atoms with Crippen molar-refractivity contribution in [3.63, 3.8) is 0 Å². The van der Waals surface area contributed by atoms with Gasteiger partial charge in [-0.1, -0.05) is 67.8 Å². The molecule has 1 aromatic heterocycles. The fourth-order valence-electron chi connectivity index (χ4n) is 7.43. The first-order valence-corrected chi connectivity index (χ1v) is 12.5. The molecule has 4 unspecified atom stereocenters. The first-order valence-electron chi connectivity index (χ1n) is 12.5. The predicted molar refractivity (Wildman–Crippen MR) is 129 cm³/mol. The molecule has 0 bridgehead atoms. The highest BCUT2D eigenvalue weighted by atomic mass is 16.1. The fraction of sp³-hybridized carbons (Fsp3) is 0.448. The summed E-state index contributed by atoms with van der Waals surface area (Å²) < 4.78 is 0. The molecule has 3 saturated carbocycles. The molecule has 3 aliphatic carbocycles. The second kappa shape index (κ2) is 8.03. The second-order valence-electron chi connectivity index (χ2n) is 10.3. The third-order valence-electron chi connectivity index (χ3n) is 8.81. The van der Waals surface area contributed by atoms with Crippen molar-refractivity contribution in [3.8, 4) is 11.3 Å². The van der Waals surface area contributed by atoms with E-state index in [-0.39, 0.29) is 5.91 Å². The molecule has 1 amide bonds. The van der Waals surface area contributed by atoms with Gasteiger partial charge in [-0.2, -0.15) is 0 Å². The van der Waals surface area contributed by atoms with Crippen LogP contribution in [0.15, 0.2) is 60.7 Å². The fourth-order valence-corrected chi connectivity index (χ4v) is 7.43. The van der Waals surface area contributed by atoms with Crippen LogP contribution in [0.1, 0.15) is 68.1 Å². The average molecular weight is 425 g/mol. The predicted octanol–water partition coefficient (Wildman–Crippen LogP) is 6.77. The third-order valence-corrected chi connectivity index (χ3v) is 8.81. The molecule has 3 aromatic rings. The molecular weight excluding hydrogens is 392 g/mol. The van der Waals surface area contributed by atoms with Gasteiger partial charge in [0.2, 0.25) is 0 Å². The summed E-state index contributed by atoms with van der Waals surface area (Å²) in [5.41, 5.74) is 4.05. The smallest absolute Gasteiger partial charge is 0.252 e. The molecule has 3 heteroatoms. The number of rotatable bonds is 3. The zero-order chi connectivity index (χ0) is 21.5. The summed E-state index contributed by atoms with van der Waals surface area (Å²) in [5, 5.41) is 4.49.